The van der Waals surface area contributed by atoms with Crippen LogP contribution in [0.5, 0.6) is 11.5 Å². The number of rotatable bonds is 3. The van der Waals surface area contributed by atoms with Crippen molar-refractivity contribution < 1.29 is 27.4 Å². The summed E-state index contributed by atoms with van der Waals surface area (Å²) in [5, 5.41) is 1.55. The molecule has 0 saturated heterocycles. The van der Waals surface area contributed by atoms with Gasteiger partial charge in [0.2, 0.25) is 0 Å². The number of methoxy groups -OCH3 is 2. The summed E-state index contributed by atoms with van der Waals surface area (Å²) in [6.45, 7) is 0. The van der Waals surface area contributed by atoms with Crippen LogP contribution in [0.15, 0.2) is 12.1 Å². The average molecular weight is 284 g/mol. The van der Waals surface area contributed by atoms with Crippen LogP contribution in [0.3, 0.4) is 0 Å². The molecular formula is C10H9ClF3NO3. The number of benzene rings is 1. The lowest BCUT2D eigenvalue weighted by Crippen LogP contribution is -2.30. The molecule has 18 heavy (non-hydrogen) atoms. The van der Waals surface area contributed by atoms with Crippen molar-refractivity contribution in [2.24, 2.45) is 0 Å². The maximum absolute atomic E-state index is 12.1. The van der Waals surface area contributed by atoms with Gasteiger partial charge in [-0.25, -0.2) is 0 Å². The summed E-state index contributed by atoms with van der Waals surface area (Å²) in [5.74, 6) is -1.72. The summed E-state index contributed by atoms with van der Waals surface area (Å²) in [7, 11) is 2.66. The molecule has 0 bridgehead atoms. The highest BCUT2D eigenvalue weighted by molar-refractivity contribution is 6.34. The molecule has 0 aromatic heterocycles. The Morgan fingerprint density at radius 2 is 1.72 bits per heavy atom. The Kier molecular flexibility index (Phi) is 4.28. The van der Waals surface area contributed by atoms with E-state index in [1.54, 1.807) is 5.32 Å². The van der Waals surface area contributed by atoms with Crippen molar-refractivity contribution >= 4 is 23.2 Å². The minimum Gasteiger partial charge on any atom is -0.493 e. The largest absolute Gasteiger partial charge is 0.493 e. The van der Waals surface area contributed by atoms with Gasteiger partial charge in [-0.05, 0) is 0 Å². The number of amides is 1. The maximum atomic E-state index is 12.1. The molecule has 0 aliphatic rings. The van der Waals surface area contributed by atoms with Gasteiger partial charge in [0.1, 0.15) is 0 Å². The SMILES string of the molecule is COc1cc(Cl)c(NC(=O)C(F)(F)F)cc1OC. The van der Waals surface area contributed by atoms with Crippen LogP contribution in [0.25, 0.3) is 0 Å². The molecule has 100 valence electrons. The number of halogens is 4. The summed E-state index contributed by atoms with van der Waals surface area (Å²) in [5.41, 5.74) is -0.211. The predicted octanol–water partition coefficient (Wildman–Crippen LogP) is 2.86. The van der Waals surface area contributed by atoms with E-state index in [2.05, 4.69) is 0 Å². The molecule has 1 aromatic carbocycles. The second-order valence-corrected chi connectivity index (χ2v) is 3.55. The summed E-state index contributed by atoms with van der Waals surface area (Å²) in [6.07, 6.45) is -4.99. The van der Waals surface area contributed by atoms with Crippen molar-refractivity contribution in [1.82, 2.24) is 0 Å². The fraction of sp³-hybridized carbons (Fsp3) is 0.300. The third-order valence-electron chi connectivity index (χ3n) is 1.98. The fourth-order valence-corrected chi connectivity index (χ4v) is 1.34. The second kappa shape index (κ2) is 5.34. The summed E-state index contributed by atoms with van der Waals surface area (Å²) >= 11 is 5.71. The van der Waals surface area contributed by atoms with Crippen molar-refractivity contribution in [3.8, 4) is 11.5 Å². The van der Waals surface area contributed by atoms with E-state index in [0.717, 1.165) is 6.07 Å². The van der Waals surface area contributed by atoms with Gasteiger partial charge in [0.05, 0.1) is 24.9 Å². The molecular weight excluding hydrogens is 275 g/mol. The number of carbonyl (C=O) groups is 1. The Morgan fingerprint density at radius 3 is 2.17 bits per heavy atom. The fourth-order valence-electron chi connectivity index (χ4n) is 1.14. The predicted molar refractivity (Wildman–Crippen MR) is 59.2 cm³/mol. The van der Waals surface area contributed by atoms with Gasteiger partial charge >= 0.3 is 12.1 Å². The highest BCUT2D eigenvalue weighted by Gasteiger charge is 2.39. The molecule has 1 amide bonds. The average Bonchev–Trinajstić information content (AvgIpc) is 2.29. The van der Waals surface area contributed by atoms with Gasteiger partial charge in [0, 0.05) is 12.1 Å². The summed E-state index contributed by atoms with van der Waals surface area (Å²) in [6, 6.07) is 2.39. The Hall–Kier alpha value is -1.63. The number of anilines is 1. The van der Waals surface area contributed by atoms with Crippen molar-refractivity contribution in [3.63, 3.8) is 0 Å². The van der Waals surface area contributed by atoms with Gasteiger partial charge in [-0.15, -0.1) is 0 Å². The van der Waals surface area contributed by atoms with Crippen molar-refractivity contribution in [2.45, 2.75) is 6.18 Å². The van der Waals surface area contributed by atoms with E-state index >= 15 is 0 Å². The smallest absolute Gasteiger partial charge is 0.471 e. The zero-order valence-electron chi connectivity index (χ0n) is 9.39. The van der Waals surface area contributed by atoms with Gasteiger partial charge in [-0.1, -0.05) is 11.6 Å². The number of carbonyl (C=O) groups excluding carboxylic acids is 1. The zero-order chi connectivity index (χ0) is 13.9. The van der Waals surface area contributed by atoms with Crippen LogP contribution in [0.2, 0.25) is 5.02 Å². The molecule has 4 nitrogen and oxygen atoms in total. The van der Waals surface area contributed by atoms with Gasteiger partial charge in [0.15, 0.2) is 11.5 Å². The van der Waals surface area contributed by atoms with Crippen LogP contribution in [0.4, 0.5) is 18.9 Å². The third kappa shape index (κ3) is 3.19. The molecule has 0 radical (unpaired) electrons. The molecule has 0 spiro atoms. The van der Waals surface area contributed by atoms with Crippen LogP contribution < -0.4 is 14.8 Å². The van der Waals surface area contributed by atoms with Gasteiger partial charge in [-0.2, -0.15) is 13.2 Å². The highest BCUT2D eigenvalue weighted by Crippen LogP contribution is 2.36. The molecule has 0 saturated carbocycles. The topological polar surface area (TPSA) is 47.6 Å². The minimum atomic E-state index is -4.99. The van der Waals surface area contributed by atoms with Crippen LogP contribution in [0.1, 0.15) is 0 Å². The molecule has 0 unspecified atom stereocenters. The van der Waals surface area contributed by atoms with Crippen molar-refractivity contribution in [1.29, 1.82) is 0 Å². The van der Waals surface area contributed by atoms with E-state index in [1.165, 1.54) is 20.3 Å². The lowest BCUT2D eigenvalue weighted by Gasteiger charge is -2.13. The molecule has 8 heteroatoms. The molecule has 0 fully saturated rings. The zero-order valence-corrected chi connectivity index (χ0v) is 10.1. The number of nitrogens with one attached hydrogen (secondary N) is 1. The van der Waals surface area contributed by atoms with E-state index in [4.69, 9.17) is 21.1 Å². The van der Waals surface area contributed by atoms with Crippen LogP contribution >= 0.6 is 11.6 Å². The Bertz CT molecular complexity index is 462. The molecule has 0 heterocycles. The first-order chi connectivity index (χ1) is 8.29. The quantitative estimate of drug-likeness (QED) is 0.928. The Balaban J connectivity index is 3.07. The van der Waals surface area contributed by atoms with Crippen LogP contribution in [0, 0.1) is 0 Å². The number of ether oxygens (including phenoxy) is 2. The molecule has 0 aliphatic carbocycles. The first kappa shape index (κ1) is 14.4. The third-order valence-corrected chi connectivity index (χ3v) is 2.29. The van der Waals surface area contributed by atoms with E-state index in [1.807, 2.05) is 0 Å². The number of alkyl halides is 3. The molecule has 1 rings (SSSR count). The molecule has 1 N–H and O–H groups in total. The van der Waals surface area contributed by atoms with Gasteiger partial charge < -0.3 is 14.8 Å². The van der Waals surface area contributed by atoms with Gasteiger partial charge in [-0.3, -0.25) is 4.79 Å². The number of hydrogen-bond acceptors (Lipinski definition) is 3. The normalized spacial score (nSPS) is 11.0. The van der Waals surface area contributed by atoms with Crippen molar-refractivity contribution in [3.05, 3.63) is 17.2 Å². The molecule has 1 aromatic rings. The van der Waals surface area contributed by atoms with Crippen LogP contribution in [-0.2, 0) is 4.79 Å². The van der Waals surface area contributed by atoms with Crippen molar-refractivity contribution in [2.75, 3.05) is 19.5 Å². The Morgan fingerprint density at radius 1 is 1.22 bits per heavy atom. The van der Waals surface area contributed by atoms with E-state index in [-0.39, 0.29) is 22.2 Å². The van der Waals surface area contributed by atoms with E-state index < -0.39 is 12.1 Å². The summed E-state index contributed by atoms with van der Waals surface area (Å²) < 4.78 is 46.0. The first-order valence-electron chi connectivity index (χ1n) is 4.59. The number of hydrogen-bond donors (Lipinski definition) is 1. The lowest BCUT2D eigenvalue weighted by molar-refractivity contribution is -0.167. The highest BCUT2D eigenvalue weighted by atomic mass is 35.5. The molecule has 0 atom stereocenters. The van der Waals surface area contributed by atoms with E-state index in [0.29, 0.717) is 0 Å². The van der Waals surface area contributed by atoms with Crippen LogP contribution in [-0.4, -0.2) is 26.3 Å². The van der Waals surface area contributed by atoms with Gasteiger partial charge in [0.25, 0.3) is 0 Å². The lowest BCUT2D eigenvalue weighted by atomic mass is 10.2. The second-order valence-electron chi connectivity index (χ2n) is 3.14. The summed E-state index contributed by atoms with van der Waals surface area (Å²) in [4.78, 5) is 10.8. The molecule has 0 aliphatic heterocycles. The monoisotopic (exact) mass is 283 g/mol. The maximum Gasteiger partial charge on any atom is 0.471 e. The Labute approximate surface area is 106 Å². The standard InChI is InChI=1S/C10H9ClF3NO3/c1-17-7-3-5(11)6(4-8(7)18-2)15-9(16)10(12,13)14/h3-4H,1-2H3,(H,15,16). The first-order valence-corrected chi connectivity index (χ1v) is 4.97. The van der Waals surface area contributed by atoms with E-state index in [9.17, 15) is 18.0 Å². The minimum absolute atomic E-state index is 0.0924.